The molecule has 2 unspecified atom stereocenters. The summed E-state index contributed by atoms with van der Waals surface area (Å²) in [5.74, 6) is 1.86. The molecule has 2 heteroatoms. The number of halogens is 1. The Labute approximate surface area is 130 Å². The van der Waals surface area contributed by atoms with Gasteiger partial charge in [0.05, 0.1) is 0 Å². The summed E-state index contributed by atoms with van der Waals surface area (Å²) < 4.78 is 1.23. The van der Waals surface area contributed by atoms with Gasteiger partial charge in [0, 0.05) is 4.47 Å². The van der Waals surface area contributed by atoms with Crippen LogP contribution in [0.5, 0.6) is 0 Å². The van der Waals surface area contributed by atoms with Crippen LogP contribution >= 0.6 is 15.9 Å². The molecule has 108 valence electrons. The lowest BCUT2D eigenvalue weighted by atomic mass is 9.42. The van der Waals surface area contributed by atoms with Gasteiger partial charge in [0.1, 0.15) is 0 Å². The molecule has 4 bridgehead atoms. The first-order chi connectivity index (χ1) is 9.54. The van der Waals surface area contributed by atoms with Crippen molar-refractivity contribution in [1.29, 1.82) is 0 Å². The second-order valence-electron chi connectivity index (χ2n) is 7.90. The SMILES string of the molecule is Cc1ccc(Br)cc1C12CC3CC(CC(CN)(C3)C1)C2. The van der Waals surface area contributed by atoms with Gasteiger partial charge in [0.15, 0.2) is 0 Å². The molecule has 0 spiro atoms. The van der Waals surface area contributed by atoms with Gasteiger partial charge in [-0.2, -0.15) is 0 Å². The predicted octanol–water partition coefficient (Wildman–Crippen LogP) is 4.55. The highest BCUT2D eigenvalue weighted by molar-refractivity contribution is 9.10. The third-order valence-corrected chi connectivity index (χ3v) is 6.88. The van der Waals surface area contributed by atoms with E-state index in [1.807, 2.05) is 0 Å². The average Bonchev–Trinajstić information content (AvgIpc) is 2.40. The minimum absolute atomic E-state index is 0.428. The molecule has 0 aliphatic heterocycles. The highest BCUT2D eigenvalue weighted by atomic mass is 79.9. The Morgan fingerprint density at radius 1 is 1.20 bits per heavy atom. The molecule has 4 aliphatic rings. The van der Waals surface area contributed by atoms with Gasteiger partial charge in [0.2, 0.25) is 0 Å². The summed E-state index contributed by atoms with van der Waals surface area (Å²) >= 11 is 3.68. The van der Waals surface area contributed by atoms with Gasteiger partial charge in [-0.1, -0.05) is 22.0 Å². The third-order valence-electron chi connectivity index (χ3n) is 6.39. The number of hydrogen-bond donors (Lipinski definition) is 1. The highest BCUT2D eigenvalue weighted by Crippen LogP contribution is 2.65. The van der Waals surface area contributed by atoms with E-state index in [2.05, 4.69) is 41.1 Å². The van der Waals surface area contributed by atoms with Crippen LogP contribution in [0.3, 0.4) is 0 Å². The lowest BCUT2D eigenvalue weighted by molar-refractivity contribution is -0.0669. The lowest BCUT2D eigenvalue weighted by Crippen LogP contribution is -2.56. The zero-order valence-electron chi connectivity index (χ0n) is 12.3. The summed E-state index contributed by atoms with van der Waals surface area (Å²) in [6, 6.07) is 6.86. The van der Waals surface area contributed by atoms with Gasteiger partial charge in [-0.25, -0.2) is 0 Å². The molecule has 0 aromatic heterocycles. The largest absolute Gasteiger partial charge is 0.330 e. The summed E-state index contributed by atoms with van der Waals surface area (Å²) in [6.07, 6.45) is 8.41. The monoisotopic (exact) mass is 333 g/mol. The number of benzene rings is 1. The standard InChI is InChI=1S/C18H24BrN/c1-12-2-3-15(19)5-16(12)18-8-13-4-14(9-18)7-17(6-13,10-18)11-20/h2-3,5,13-14H,4,6-11,20H2,1H3. The Bertz CT molecular complexity index is 536. The van der Waals surface area contributed by atoms with Gasteiger partial charge in [-0.3, -0.25) is 0 Å². The second-order valence-corrected chi connectivity index (χ2v) is 8.82. The van der Waals surface area contributed by atoms with Gasteiger partial charge in [0.25, 0.3) is 0 Å². The molecule has 4 aliphatic carbocycles. The van der Waals surface area contributed by atoms with Crippen LogP contribution in [0.4, 0.5) is 0 Å². The first kappa shape index (κ1) is 13.3. The van der Waals surface area contributed by atoms with Crippen molar-refractivity contribution in [1.82, 2.24) is 0 Å². The molecule has 20 heavy (non-hydrogen) atoms. The van der Waals surface area contributed by atoms with E-state index >= 15 is 0 Å². The third kappa shape index (κ3) is 1.84. The number of hydrogen-bond acceptors (Lipinski definition) is 1. The smallest absolute Gasteiger partial charge is 0.0178 e. The molecule has 1 aromatic rings. The van der Waals surface area contributed by atoms with E-state index in [9.17, 15) is 0 Å². The molecule has 0 heterocycles. The first-order valence-corrected chi connectivity index (χ1v) is 8.80. The van der Waals surface area contributed by atoms with Crippen molar-refractivity contribution in [3.05, 3.63) is 33.8 Å². The molecule has 4 saturated carbocycles. The fourth-order valence-electron chi connectivity index (χ4n) is 6.17. The van der Waals surface area contributed by atoms with Gasteiger partial charge < -0.3 is 5.73 Å². The van der Waals surface area contributed by atoms with Crippen molar-refractivity contribution in [3.63, 3.8) is 0 Å². The normalized spacial score (nSPS) is 42.1. The van der Waals surface area contributed by atoms with Crippen LogP contribution < -0.4 is 5.73 Å². The van der Waals surface area contributed by atoms with Crippen LogP contribution in [0.2, 0.25) is 0 Å². The summed E-state index contributed by atoms with van der Waals surface area (Å²) in [5.41, 5.74) is 10.2. The van der Waals surface area contributed by atoms with Crippen molar-refractivity contribution in [2.75, 3.05) is 6.54 Å². The van der Waals surface area contributed by atoms with Crippen LogP contribution in [-0.2, 0) is 5.41 Å². The lowest BCUT2D eigenvalue weighted by Gasteiger charge is -2.62. The van der Waals surface area contributed by atoms with Gasteiger partial charge >= 0.3 is 0 Å². The van der Waals surface area contributed by atoms with E-state index in [0.717, 1.165) is 18.4 Å². The molecule has 0 saturated heterocycles. The molecule has 5 rings (SSSR count). The maximum atomic E-state index is 6.22. The van der Waals surface area contributed by atoms with Gasteiger partial charge in [-0.15, -0.1) is 0 Å². The van der Waals surface area contributed by atoms with Crippen molar-refractivity contribution < 1.29 is 0 Å². The Balaban J connectivity index is 1.82. The summed E-state index contributed by atoms with van der Waals surface area (Å²) in [5, 5.41) is 0. The van der Waals surface area contributed by atoms with Crippen LogP contribution in [0.25, 0.3) is 0 Å². The van der Waals surface area contributed by atoms with Crippen LogP contribution in [0.15, 0.2) is 22.7 Å². The Kier molecular flexibility index (Phi) is 2.89. The summed E-state index contributed by atoms with van der Waals surface area (Å²) in [7, 11) is 0. The Morgan fingerprint density at radius 2 is 1.90 bits per heavy atom. The van der Waals surface area contributed by atoms with E-state index < -0.39 is 0 Å². The number of rotatable bonds is 2. The average molecular weight is 334 g/mol. The maximum Gasteiger partial charge on any atom is 0.0178 e. The van der Waals surface area contributed by atoms with Crippen molar-refractivity contribution in [3.8, 4) is 0 Å². The molecule has 1 aromatic carbocycles. The predicted molar refractivity (Wildman–Crippen MR) is 86.7 cm³/mol. The van der Waals surface area contributed by atoms with Crippen LogP contribution in [0, 0.1) is 24.2 Å². The molecule has 2 atom stereocenters. The zero-order valence-corrected chi connectivity index (χ0v) is 13.9. The molecular formula is C18H24BrN. The summed E-state index contributed by atoms with van der Waals surface area (Å²) in [4.78, 5) is 0. The van der Waals surface area contributed by atoms with E-state index in [-0.39, 0.29) is 0 Å². The summed E-state index contributed by atoms with van der Waals surface area (Å²) in [6.45, 7) is 3.18. The Morgan fingerprint density at radius 3 is 2.55 bits per heavy atom. The van der Waals surface area contributed by atoms with Crippen molar-refractivity contribution >= 4 is 15.9 Å². The molecule has 2 N–H and O–H groups in total. The van der Waals surface area contributed by atoms with E-state index in [0.29, 0.717) is 10.8 Å². The van der Waals surface area contributed by atoms with Crippen LogP contribution in [0.1, 0.15) is 49.7 Å². The molecular weight excluding hydrogens is 310 g/mol. The fourth-order valence-corrected chi connectivity index (χ4v) is 6.53. The molecule has 4 fully saturated rings. The van der Waals surface area contributed by atoms with Crippen molar-refractivity contribution in [2.24, 2.45) is 23.0 Å². The van der Waals surface area contributed by atoms with Crippen molar-refractivity contribution in [2.45, 2.75) is 50.9 Å². The maximum absolute atomic E-state index is 6.22. The molecule has 0 amide bonds. The second kappa shape index (κ2) is 4.33. The highest BCUT2D eigenvalue weighted by Gasteiger charge is 2.57. The van der Waals surface area contributed by atoms with E-state index in [4.69, 9.17) is 5.73 Å². The minimum Gasteiger partial charge on any atom is -0.330 e. The number of nitrogens with two attached hydrogens (primary N) is 1. The topological polar surface area (TPSA) is 26.0 Å². The molecule has 0 radical (unpaired) electrons. The van der Waals surface area contributed by atoms with Gasteiger partial charge in [-0.05, 0) is 97.9 Å². The quantitative estimate of drug-likeness (QED) is 0.843. The minimum atomic E-state index is 0.428. The molecule has 1 nitrogen and oxygen atoms in total. The van der Waals surface area contributed by atoms with E-state index in [1.165, 1.54) is 48.6 Å². The fraction of sp³-hybridized carbons (Fsp3) is 0.667. The Hall–Kier alpha value is -0.340. The van der Waals surface area contributed by atoms with Crippen LogP contribution in [-0.4, -0.2) is 6.54 Å². The zero-order chi connectivity index (χ0) is 14.0. The first-order valence-electron chi connectivity index (χ1n) is 8.01. The number of aryl methyl sites for hydroxylation is 1. The van der Waals surface area contributed by atoms with E-state index in [1.54, 1.807) is 5.56 Å².